The maximum atomic E-state index is 10.5. The molecule has 1 aliphatic rings. The van der Waals surface area contributed by atoms with Gasteiger partial charge in [0.15, 0.2) is 0 Å². The summed E-state index contributed by atoms with van der Waals surface area (Å²) in [6, 6.07) is 4.91. The number of anilines is 2. The van der Waals surface area contributed by atoms with Gasteiger partial charge in [0.2, 0.25) is 0 Å². The average Bonchev–Trinajstić information content (AvgIpc) is 3.03. The number of nitrogens with two attached hydrogens (primary N) is 1. The van der Waals surface area contributed by atoms with Gasteiger partial charge in [-0.05, 0) is 31.7 Å². The van der Waals surface area contributed by atoms with Crippen LogP contribution >= 0.6 is 0 Å². The van der Waals surface area contributed by atoms with E-state index in [2.05, 4.69) is 12.2 Å². The second-order valence-electron chi connectivity index (χ2n) is 4.30. The lowest BCUT2D eigenvalue weighted by Gasteiger charge is -2.15. The van der Waals surface area contributed by atoms with E-state index in [-0.39, 0.29) is 5.69 Å². The first-order chi connectivity index (χ1) is 7.58. The normalized spacial score (nSPS) is 16.8. The number of nitro groups is 1. The molecule has 3 N–H and O–H groups in total. The Bertz CT molecular complexity index is 416. The van der Waals surface area contributed by atoms with Gasteiger partial charge in [-0.15, -0.1) is 0 Å². The molecule has 1 aliphatic carbocycles. The molecule has 16 heavy (non-hydrogen) atoms. The second kappa shape index (κ2) is 4.00. The fourth-order valence-electron chi connectivity index (χ4n) is 1.75. The Morgan fingerprint density at radius 1 is 1.56 bits per heavy atom. The van der Waals surface area contributed by atoms with Crippen LogP contribution in [-0.2, 0) is 0 Å². The minimum atomic E-state index is -0.440. The van der Waals surface area contributed by atoms with Crippen LogP contribution < -0.4 is 11.1 Å². The van der Waals surface area contributed by atoms with Crippen molar-refractivity contribution in [2.24, 2.45) is 5.92 Å². The first-order valence-electron chi connectivity index (χ1n) is 5.38. The smallest absolute Gasteiger partial charge is 0.271 e. The SMILES string of the molecule is CC(Nc1ccc([N+](=O)[O-])cc1N)C1CC1. The molecule has 86 valence electrons. The maximum absolute atomic E-state index is 10.5. The number of nitrogen functional groups attached to an aromatic ring is 1. The molecule has 1 saturated carbocycles. The molecule has 5 nitrogen and oxygen atoms in total. The summed E-state index contributed by atoms with van der Waals surface area (Å²) in [5.41, 5.74) is 7.01. The standard InChI is InChI=1S/C11H15N3O2/c1-7(8-2-3-8)13-11-5-4-9(14(15)16)6-10(11)12/h4-8,13H,2-3,12H2,1H3. The number of hydrogen-bond donors (Lipinski definition) is 2. The number of nitrogens with one attached hydrogen (secondary N) is 1. The van der Waals surface area contributed by atoms with E-state index >= 15 is 0 Å². The zero-order valence-electron chi connectivity index (χ0n) is 9.14. The van der Waals surface area contributed by atoms with Gasteiger partial charge >= 0.3 is 0 Å². The van der Waals surface area contributed by atoms with E-state index in [0.717, 1.165) is 11.6 Å². The van der Waals surface area contributed by atoms with Gasteiger partial charge in [-0.3, -0.25) is 10.1 Å². The third-order valence-electron chi connectivity index (χ3n) is 2.96. The van der Waals surface area contributed by atoms with Crippen LogP contribution in [0.5, 0.6) is 0 Å². The highest BCUT2D eigenvalue weighted by molar-refractivity contribution is 5.69. The van der Waals surface area contributed by atoms with Crippen molar-refractivity contribution in [2.75, 3.05) is 11.1 Å². The van der Waals surface area contributed by atoms with Gasteiger partial charge in [0.1, 0.15) is 0 Å². The number of nitrogens with zero attached hydrogens (tertiary/aromatic N) is 1. The minimum Gasteiger partial charge on any atom is -0.397 e. The molecule has 5 heteroatoms. The second-order valence-corrected chi connectivity index (χ2v) is 4.30. The van der Waals surface area contributed by atoms with Gasteiger partial charge < -0.3 is 11.1 Å². The fraction of sp³-hybridized carbons (Fsp3) is 0.455. The summed E-state index contributed by atoms with van der Waals surface area (Å²) in [7, 11) is 0. The predicted molar refractivity (Wildman–Crippen MR) is 63.3 cm³/mol. The molecule has 0 aliphatic heterocycles. The quantitative estimate of drug-likeness (QED) is 0.464. The first-order valence-corrected chi connectivity index (χ1v) is 5.38. The summed E-state index contributed by atoms with van der Waals surface area (Å²) in [5, 5.41) is 13.8. The Kier molecular flexibility index (Phi) is 2.68. The van der Waals surface area contributed by atoms with Gasteiger partial charge in [-0.25, -0.2) is 0 Å². The Balaban J connectivity index is 2.12. The van der Waals surface area contributed by atoms with E-state index < -0.39 is 4.92 Å². The monoisotopic (exact) mass is 221 g/mol. The van der Waals surface area contributed by atoms with Crippen molar-refractivity contribution in [1.82, 2.24) is 0 Å². The van der Waals surface area contributed by atoms with Crippen molar-refractivity contribution in [1.29, 1.82) is 0 Å². The number of hydrogen-bond acceptors (Lipinski definition) is 4. The van der Waals surface area contributed by atoms with Crippen molar-refractivity contribution in [2.45, 2.75) is 25.8 Å². The van der Waals surface area contributed by atoms with Crippen LogP contribution in [0.1, 0.15) is 19.8 Å². The van der Waals surface area contributed by atoms with Crippen molar-refractivity contribution >= 4 is 17.1 Å². The molecule has 2 rings (SSSR count). The van der Waals surface area contributed by atoms with Gasteiger partial charge in [-0.2, -0.15) is 0 Å². The van der Waals surface area contributed by atoms with Crippen LogP contribution in [0.2, 0.25) is 0 Å². The topological polar surface area (TPSA) is 81.2 Å². The van der Waals surface area contributed by atoms with E-state index in [0.29, 0.717) is 11.7 Å². The van der Waals surface area contributed by atoms with Crippen molar-refractivity contribution in [3.63, 3.8) is 0 Å². The Morgan fingerprint density at radius 2 is 2.25 bits per heavy atom. The largest absolute Gasteiger partial charge is 0.397 e. The van der Waals surface area contributed by atoms with Gasteiger partial charge in [0.05, 0.1) is 16.3 Å². The van der Waals surface area contributed by atoms with Crippen LogP contribution in [0.15, 0.2) is 18.2 Å². The van der Waals surface area contributed by atoms with Crippen LogP contribution in [0.4, 0.5) is 17.1 Å². The summed E-state index contributed by atoms with van der Waals surface area (Å²) in [4.78, 5) is 10.1. The van der Waals surface area contributed by atoms with Gasteiger partial charge in [-0.1, -0.05) is 0 Å². The zero-order valence-corrected chi connectivity index (χ0v) is 9.14. The molecule has 1 atom stereocenters. The Labute approximate surface area is 93.8 Å². The summed E-state index contributed by atoms with van der Waals surface area (Å²) in [6.07, 6.45) is 2.50. The molecule has 1 aromatic carbocycles. The molecule has 0 bridgehead atoms. The third kappa shape index (κ3) is 2.24. The van der Waals surface area contributed by atoms with E-state index in [9.17, 15) is 10.1 Å². The van der Waals surface area contributed by atoms with Crippen LogP contribution in [0.3, 0.4) is 0 Å². The van der Waals surface area contributed by atoms with Gasteiger partial charge in [0, 0.05) is 18.2 Å². The molecular formula is C11H15N3O2. The Morgan fingerprint density at radius 3 is 2.75 bits per heavy atom. The zero-order chi connectivity index (χ0) is 11.7. The number of benzene rings is 1. The average molecular weight is 221 g/mol. The van der Waals surface area contributed by atoms with E-state index in [1.54, 1.807) is 6.07 Å². The van der Waals surface area contributed by atoms with Crippen molar-refractivity contribution in [3.8, 4) is 0 Å². The van der Waals surface area contributed by atoms with E-state index in [4.69, 9.17) is 5.73 Å². The molecule has 0 saturated heterocycles. The van der Waals surface area contributed by atoms with Crippen LogP contribution in [0.25, 0.3) is 0 Å². The summed E-state index contributed by atoms with van der Waals surface area (Å²) in [6.45, 7) is 2.11. The van der Waals surface area contributed by atoms with Crippen molar-refractivity contribution in [3.05, 3.63) is 28.3 Å². The molecule has 0 radical (unpaired) electrons. The van der Waals surface area contributed by atoms with Crippen LogP contribution in [0, 0.1) is 16.0 Å². The molecule has 0 amide bonds. The number of rotatable bonds is 4. The van der Waals surface area contributed by atoms with E-state index in [1.807, 2.05) is 0 Å². The lowest BCUT2D eigenvalue weighted by molar-refractivity contribution is -0.384. The molecular weight excluding hydrogens is 206 g/mol. The molecule has 0 heterocycles. The summed E-state index contributed by atoms with van der Waals surface area (Å²) >= 11 is 0. The lowest BCUT2D eigenvalue weighted by atomic mass is 10.2. The highest BCUT2D eigenvalue weighted by Crippen LogP contribution is 2.35. The van der Waals surface area contributed by atoms with Crippen LogP contribution in [-0.4, -0.2) is 11.0 Å². The molecule has 0 spiro atoms. The molecule has 1 unspecified atom stereocenters. The summed E-state index contributed by atoms with van der Waals surface area (Å²) in [5.74, 6) is 0.717. The molecule has 0 aromatic heterocycles. The fourth-order valence-corrected chi connectivity index (χ4v) is 1.75. The number of non-ortho nitro benzene ring substituents is 1. The molecule has 1 fully saturated rings. The van der Waals surface area contributed by atoms with E-state index in [1.165, 1.54) is 25.0 Å². The highest BCUT2D eigenvalue weighted by atomic mass is 16.6. The first kappa shape index (κ1) is 10.7. The highest BCUT2D eigenvalue weighted by Gasteiger charge is 2.28. The third-order valence-corrected chi connectivity index (χ3v) is 2.96. The molecule has 1 aromatic rings. The lowest BCUT2D eigenvalue weighted by Crippen LogP contribution is -2.18. The van der Waals surface area contributed by atoms with Crippen molar-refractivity contribution < 1.29 is 4.92 Å². The number of nitro benzene ring substituents is 1. The van der Waals surface area contributed by atoms with Gasteiger partial charge in [0.25, 0.3) is 5.69 Å². The summed E-state index contributed by atoms with van der Waals surface area (Å²) < 4.78 is 0. The predicted octanol–water partition coefficient (Wildman–Crippen LogP) is 2.39. The Hall–Kier alpha value is -1.78. The maximum Gasteiger partial charge on any atom is 0.271 e. The minimum absolute atomic E-state index is 0.0297.